The lowest BCUT2D eigenvalue weighted by atomic mass is 10.1. The number of fused-ring (bicyclic) bond motifs is 1. The maximum atomic E-state index is 12.0. The van der Waals surface area contributed by atoms with Crippen LogP contribution in [0.15, 0.2) is 24.3 Å². The van der Waals surface area contributed by atoms with Crippen LogP contribution in [0.2, 0.25) is 0 Å². The third-order valence-corrected chi connectivity index (χ3v) is 2.09. The third kappa shape index (κ3) is 2.08. The first kappa shape index (κ1) is 11.4. The van der Waals surface area contributed by atoms with Crippen LogP contribution in [0.4, 0.5) is 13.2 Å². The van der Waals surface area contributed by atoms with Gasteiger partial charge in [-0.2, -0.15) is 13.2 Å². The quantitative estimate of drug-likeness (QED) is 0.711. The maximum Gasteiger partial charge on any atom is 0.491 e. The summed E-state index contributed by atoms with van der Waals surface area (Å²) in [5, 5.41) is 0. The molecule has 0 aliphatic carbocycles. The van der Waals surface area contributed by atoms with E-state index in [9.17, 15) is 22.8 Å². The molecule has 1 aliphatic heterocycles. The molecule has 1 aromatic carbocycles. The lowest BCUT2D eigenvalue weighted by molar-refractivity contribution is -0.219. The zero-order valence-electron chi connectivity index (χ0n) is 8.15. The fourth-order valence-electron chi connectivity index (χ4n) is 1.36. The second-order valence-electron chi connectivity index (χ2n) is 3.23. The van der Waals surface area contributed by atoms with Crippen molar-refractivity contribution in [1.82, 2.24) is 0 Å². The predicted octanol–water partition coefficient (Wildman–Crippen LogP) is 1.96. The highest BCUT2D eigenvalue weighted by atomic mass is 19.4. The van der Waals surface area contributed by atoms with Crippen molar-refractivity contribution in [2.24, 2.45) is 0 Å². The van der Waals surface area contributed by atoms with Gasteiger partial charge >= 0.3 is 18.1 Å². The van der Waals surface area contributed by atoms with Crippen LogP contribution in [0, 0.1) is 0 Å². The van der Waals surface area contributed by atoms with E-state index in [-0.39, 0.29) is 11.1 Å². The highest BCUT2D eigenvalue weighted by Gasteiger charge is 2.45. The standard InChI is InChI=1S/C10H5F3O4/c11-10(12,13)9(15)17-8-6-4-2-1-3-5(6)7(14)16-8/h1-4,8H/t8-/m0/s1. The SMILES string of the molecule is O=C1O[C@@H](OC(=O)C(F)(F)F)c2ccccc21. The Hall–Kier alpha value is -2.05. The molecule has 90 valence electrons. The molecule has 0 bridgehead atoms. The van der Waals surface area contributed by atoms with Gasteiger partial charge < -0.3 is 9.47 Å². The molecule has 0 N–H and O–H groups in total. The van der Waals surface area contributed by atoms with Gasteiger partial charge in [0.15, 0.2) is 0 Å². The van der Waals surface area contributed by atoms with Crippen LogP contribution in [0.3, 0.4) is 0 Å². The molecule has 2 rings (SSSR count). The summed E-state index contributed by atoms with van der Waals surface area (Å²) in [6.07, 6.45) is -6.75. The number of carbonyl (C=O) groups excluding carboxylic acids is 2. The molecule has 0 saturated carbocycles. The van der Waals surface area contributed by atoms with Gasteiger partial charge in [-0.3, -0.25) is 0 Å². The number of carbonyl (C=O) groups is 2. The van der Waals surface area contributed by atoms with Crippen molar-refractivity contribution < 1.29 is 32.2 Å². The Kier molecular flexibility index (Phi) is 2.53. The Morgan fingerprint density at radius 3 is 2.59 bits per heavy atom. The monoisotopic (exact) mass is 246 g/mol. The fourth-order valence-corrected chi connectivity index (χ4v) is 1.36. The molecule has 0 saturated heterocycles. The van der Waals surface area contributed by atoms with E-state index in [2.05, 4.69) is 9.47 Å². The molecule has 1 heterocycles. The van der Waals surface area contributed by atoms with Crippen LogP contribution < -0.4 is 0 Å². The smallest absolute Gasteiger partial charge is 0.417 e. The molecule has 1 aromatic rings. The first-order chi connectivity index (χ1) is 7.89. The lowest BCUT2D eigenvalue weighted by Crippen LogP contribution is -2.27. The third-order valence-electron chi connectivity index (χ3n) is 2.09. The molecule has 0 spiro atoms. The molecule has 0 aromatic heterocycles. The number of hydrogen-bond donors (Lipinski definition) is 0. The van der Waals surface area contributed by atoms with Crippen molar-refractivity contribution in [2.75, 3.05) is 0 Å². The van der Waals surface area contributed by atoms with E-state index in [1.165, 1.54) is 24.3 Å². The van der Waals surface area contributed by atoms with E-state index in [4.69, 9.17) is 0 Å². The largest absolute Gasteiger partial charge is 0.491 e. The van der Waals surface area contributed by atoms with Crippen LogP contribution in [-0.2, 0) is 14.3 Å². The summed E-state index contributed by atoms with van der Waals surface area (Å²) in [5.74, 6) is -3.22. The van der Waals surface area contributed by atoms with Crippen LogP contribution in [0.5, 0.6) is 0 Å². The summed E-state index contributed by atoms with van der Waals surface area (Å²) in [7, 11) is 0. The first-order valence-corrected chi connectivity index (χ1v) is 4.47. The van der Waals surface area contributed by atoms with Crippen molar-refractivity contribution >= 4 is 11.9 Å². The average molecular weight is 246 g/mol. The van der Waals surface area contributed by atoms with Crippen molar-refractivity contribution in [3.05, 3.63) is 35.4 Å². The van der Waals surface area contributed by atoms with Crippen molar-refractivity contribution in [3.8, 4) is 0 Å². The first-order valence-electron chi connectivity index (χ1n) is 4.47. The van der Waals surface area contributed by atoms with Crippen LogP contribution in [0.25, 0.3) is 0 Å². The minimum absolute atomic E-state index is 0.0903. The molecule has 1 aliphatic rings. The predicted molar refractivity (Wildman–Crippen MR) is 46.7 cm³/mol. The van der Waals surface area contributed by atoms with Gasteiger partial charge in [-0.25, -0.2) is 9.59 Å². The van der Waals surface area contributed by atoms with E-state index in [1.54, 1.807) is 0 Å². The number of halogens is 3. The zero-order chi connectivity index (χ0) is 12.6. The van der Waals surface area contributed by atoms with Crippen LogP contribution >= 0.6 is 0 Å². The zero-order valence-corrected chi connectivity index (χ0v) is 8.15. The topological polar surface area (TPSA) is 52.6 Å². The summed E-state index contributed by atoms with van der Waals surface area (Å²) in [4.78, 5) is 21.8. The Morgan fingerprint density at radius 1 is 1.29 bits per heavy atom. The molecular formula is C10H5F3O4. The van der Waals surface area contributed by atoms with E-state index < -0.39 is 24.4 Å². The van der Waals surface area contributed by atoms with Crippen molar-refractivity contribution in [2.45, 2.75) is 12.5 Å². The molecule has 0 unspecified atom stereocenters. The minimum Gasteiger partial charge on any atom is -0.417 e. The van der Waals surface area contributed by atoms with E-state index >= 15 is 0 Å². The van der Waals surface area contributed by atoms with Crippen LogP contribution in [-0.4, -0.2) is 18.1 Å². The lowest BCUT2D eigenvalue weighted by Gasteiger charge is -2.12. The van der Waals surface area contributed by atoms with E-state index in [0.717, 1.165) is 0 Å². The summed E-state index contributed by atoms with van der Waals surface area (Å²) in [6.45, 7) is 0. The molecule has 0 radical (unpaired) electrons. The average Bonchev–Trinajstić information content (AvgIpc) is 2.56. The summed E-state index contributed by atoms with van der Waals surface area (Å²) >= 11 is 0. The number of esters is 2. The van der Waals surface area contributed by atoms with Crippen molar-refractivity contribution in [3.63, 3.8) is 0 Å². The number of rotatable bonds is 1. The maximum absolute atomic E-state index is 12.0. The number of benzene rings is 1. The van der Waals surface area contributed by atoms with Crippen molar-refractivity contribution in [1.29, 1.82) is 0 Å². The number of alkyl halides is 3. The van der Waals surface area contributed by atoms with E-state index in [1.807, 2.05) is 0 Å². The van der Waals surface area contributed by atoms with Gasteiger partial charge in [0, 0.05) is 5.56 Å². The Bertz CT molecular complexity index is 481. The number of cyclic esters (lactones) is 1. The van der Waals surface area contributed by atoms with Gasteiger partial charge in [0.1, 0.15) is 0 Å². The minimum atomic E-state index is -5.12. The number of ether oxygens (including phenoxy) is 2. The molecule has 1 atom stereocenters. The highest BCUT2D eigenvalue weighted by molar-refractivity contribution is 5.94. The van der Waals surface area contributed by atoms with Gasteiger partial charge in [-0.1, -0.05) is 18.2 Å². The fraction of sp³-hybridized carbons (Fsp3) is 0.200. The van der Waals surface area contributed by atoms with Crippen LogP contribution in [0.1, 0.15) is 22.2 Å². The Labute approximate surface area is 92.9 Å². The molecule has 0 fully saturated rings. The second kappa shape index (κ2) is 3.76. The summed E-state index contributed by atoms with van der Waals surface area (Å²) in [5.41, 5.74) is 0.197. The highest BCUT2D eigenvalue weighted by Crippen LogP contribution is 2.33. The second-order valence-corrected chi connectivity index (χ2v) is 3.23. The normalized spacial score (nSPS) is 18.5. The Morgan fingerprint density at radius 2 is 1.94 bits per heavy atom. The number of hydrogen-bond acceptors (Lipinski definition) is 4. The van der Waals surface area contributed by atoms with E-state index in [0.29, 0.717) is 0 Å². The molecule has 0 amide bonds. The summed E-state index contributed by atoms with van der Waals surface area (Å²) in [6, 6.07) is 5.75. The van der Waals surface area contributed by atoms with Gasteiger partial charge in [-0.15, -0.1) is 0 Å². The molecule has 17 heavy (non-hydrogen) atoms. The summed E-state index contributed by atoms with van der Waals surface area (Å²) < 4.78 is 44.5. The molecule has 7 heteroatoms. The van der Waals surface area contributed by atoms with Gasteiger partial charge in [0.25, 0.3) is 6.29 Å². The van der Waals surface area contributed by atoms with Gasteiger partial charge in [0.2, 0.25) is 0 Å². The molecule has 4 nitrogen and oxygen atoms in total. The molecular weight excluding hydrogens is 241 g/mol. The van der Waals surface area contributed by atoms with Gasteiger partial charge in [0.05, 0.1) is 5.56 Å². The Balaban J connectivity index is 2.21. The van der Waals surface area contributed by atoms with Gasteiger partial charge in [-0.05, 0) is 6.07 Å².